The molecule has 6 rings (SSSR count). The standard InChI is InChI=1S/C36H42FN9O2/c1-24(2)43-15-17-45(18-16-43)36(3,4)20-25(21-38)35(47)44-14-8-9-26(22-44)46-34-31(33(39)40-23-41-34)32(42-46)29-13-12-28(19-30(29)37)48-27-10-6-5-7-11-27/h5-7,10-13,19-20,23-24,26H,8-9,14-18,22H2,1-4H3,(H2,39,40,41). The molecular formula is C36H42FN9O2. The molecule has 4 heterocycles. The van der Waals surface area contributed by atoms with Crippen LogP contribution in [-0.4, -0.2) is 91.2 Å². The fraction of sp³-hybridized carbons (Fsp3) is 0.417. The van der Waals surface area contributed by atoms with Crippen molar-refractivity contribution in [3.63, 3.8) is 0 Å². The molecule has 1 atom stereocenters. The lowest BCUT2D eigenvalue weighted by molar-refractivity contribution is -0.128. The zero-order valence-corrected chi connectivity index (χ0v) is 27.9. The number of nitrogen functional groups attached to an aromatic ring is 1. The number of hydrogen-bond donors (Lipinski definition) is 1. The SMILES string of the molecule is CC(C)N1CCN(C(C)(C)C=C(C#N)C(=O)N2CCCC(n3nc(-c4ccc(Oc5ccccc5)cc4F)c4c(N)ncnc43)C2)CC1. The Balaban J connectivity index is 1.25. The molecule has 1 unspecified atom stereocenters. The van der Waals surface area contributed by atoms with Gasteiger partial charge in [-0.05, 0) is 70.9 Å². The van der Waals surface area contributed by atoms with Crippen molar-refractivity contribution in [1.82, 2.24) is 34.4 Å². The van der Waals surface area contributed by atoms with Gasteiger partial charge in [0.25, 0.3) is 5.91 Å². The normalized spacial score (nSPS) is 18.3. The van der Waals surface area contributed by atoms with Crippen LogP contribution < -0.4 is 10.5 Å². The van der Waals surface area contributed by atoms with E-state index in [9.17, 15) is 10.1 Å². The van der Waals surface area contributed by atoms with Crippen LogP contribution in [0.15, 0.2) is 66.5 Å². The number of piperazine rings is 1. The maximum absolute atomic E-state index is 15.7. The second-order valence-corrected chi connectivity index (χ2v) is 13.3. The predicted octanol–water partition coefficient (Wildman–Crippen LogP) is 5.42. The Hall–Kier alpha value is -4.86. The third-order valence-electron chi connectivity index (χ3n) is 9.43. The molecule has 2 fully saturated rings. The summed E-state index contributed by atoms with van der Waals surface area (Å²) in [5, 5.41) is 15.4. The number of carbonyl (C=O) groups is 1. The summed E-state index contributed by atoms with van der Waals surface area (Å²) in [5.41, 5.74) is 6.99. The van der Waals surface area contributed by atoms with Gasteiger partial charge in [-0.2, -0.15) is 10.4 Å². The van der Waals surface area contributed by atoms with Gasteiger partial charge in [0.1, 0.15) is 46.8 Å². The Bertz CT molecular complexity index is 1860. The summed E-state index contributed by atoms with van der Waals surface area (Å²) in [5.74, 6) is 0.285. The molecule has 2 aromatic carbocycles. The van der Waals surface area contributed by atoms with Gasteiger partial charge in [0.05, 0.1) is 11.4 Å². The van der Waals surface area contributed by atoms with Gasteiger partial charge in [0, 0.05) is 62.5 Å². The molecule has 11 nitrogen and oxygen atoms in total. The molecule has 0 bridgehead atoms. The number of ether oxygens (including phenoxy) is 1. The van der Waals surface area contributed by atoms with Crippen LogP contribution in [0.2, 0.25) is 0 Å². The predicted molar refractivity (Wildman–Crippen MR) is 183 cm³/mol. The van der Waals surface area contributed by atoms with Gasteiger partial charge in [-0.15, -0.1) is 0 Å². The summed E-state index contributed by atoms with van der Waals surface area (Å²) in [6.45, 7) is 13.0. The van der Waals surface area contributed by atoms with Crippen LogP contribution in [0.3, 0.4) is 0 Å². The number of anilines is 1. The number of nitrogens with zero attached hydrogens (tertiary/aromatic N) is 8. The molecule has 2 N–H and O–H groups in total. The number of benzene rings is 2. The van der Waals surface area contributed by atoms with Crippen LogP contribution in [0, 0.1) is 17.1 Å². The van der Waals surface area contributed by atoms with Gasteiger partial charge in [0.15, 0.2) is 5.65 Å². The number of nitriles is 1. The monoisotopic (exact) mass is 651 g/mol. The molecule has 2 saturated heterocycles. The number of fused-ring (bicyclic) bond motifs is 1. The molecule has 250 valence electrons. The number of likely N-dealkylation sites (tertiary alicyclic amines) is 1. The van der Waals surface area contributed by atoms with E-state index in [1.165, 1.54) is 12.4 Å². The lowest BCUT2D eigenvalue weighted by atomic mass is 9.96. The van der Waals surface area contributed by atoms with Crippen LogP contribution in [0.1, 0.15) is 46.6 Å². The fourth-order valence-corrected chi connectivity index (χ4v) is 6.72. The number of rotatable bonds is 8. The Morgan fingerprint density at radius 3 is 2.52 bits per heavy atom. The number of nitrogens with two attached hydrogens (primary N) is 1. The second kappa shape index (κ2) is 13.7. The van der Waals surface area contributed by atoms with E-state index in [1.54, 1.807) is 33.8 Å². The third-order valence-corrected chi connectivity index (χ3v) is 9.43. The highest BCUT2D eigenvalue weighted by atomic mass is 19.1. The zero-order valence-electron chi connectivity index (χ0n) is 27.9. The average molecular weight is 652 g/mol. The van der Waals surface area contributed by atoms with Crippen molar-refractivity contribution in [3.8, 4) is 28.8 Å². The van der Waals surface area contributed by atoms with E-state index >= 15 is 4.39 Å². The summed E-state index contributed by atoms with van der Waals surface area (Å²) >= 11 is 0. The van der Waals surface area contributed by atoms with Crippen LogP contribution >= 0.6 is 0 Å². The van der Waals surface area contributed by atoms with Crippen molar-refractivity contribution in [1.29, 1.82) is 5.26 Å². The number of hydrogen-bond acceptors (Lipinski definition) is 9. The summed E-state index contributed by atoms with van der Waals surface area (Å²) in [6.07, 6.45) is 4.59. The highest BCUT2D eigenvalue weighted by Gasteiger charge is 2.34. The van der Waals surface area contributed by atoms with Crippen molar-refractivity contribution in [3.05, 3.63) is 72.3 Å². The highest BCUT2D eigenvalue weighted by Crippen LogP contribution is 2.36. The van der Waals surface area contributed by atoms with E-state index in [4.69, 9.17) is 15.6 Å². The van der Waals surface area contributed by atoms with Gasteiger partial charge in [0.2, 0.25) is 0 Å². The molecule has 48 heavy (non-hydrogen) atoms. The number of halogens is 1. The van der Waals surface area contributed by atoms with Crippen molar-refractivity contribution >= 4 is 22.8 Å². The van der Waals surface area contributed by atoms with Gasteiger partial charge >= 0.3 is 0 Å². The first-order valence-electron chi connectivity index (χ1n) is 16.5. The molecular weight excluding hydrogens is 609 g/mol. The lowest BCUT2D eigenvalue weighted by Gasteiger charge is -2.44. The van der Waals surface area contributed by atoms with Crippen molar-refractivity contribution in [2.45, 2.75) is 58.2 Å². The Kier molecular flexibility index (Phi) is 9.44. The topological polar surface area (TPSA) is 129 Å². The highest BCUT2D eigenvalue weighted by molar-refractivity contribution is 5.99. The van der Waals surface area contributed by atoms with E-state index in [0.717, 1.165) is 26.2 Å². The van der Waals surface area contributed by atoms with Gasteiger partial charge in [-0.3, -0.25) is 14.6 Å². The number of amides is 1. The Morgan fingerprint density at radius 2 is 1.83 bits per heavy atom. The molecule has 12 heteroatoms. The van der Waals surface area contributed by atoms with E-state index in [2.05, 4.69) is 53.5 Å². The first-order valence-corrected chi connectivity index (χ1v) is 16.5. The fourth-order valence-electron chi connectivity index (χ4n) is 6.72. The van der Waals surface area contributed by atoms with Crippen LogP contribution in [0.5, 0.6) is 11.5 Å². The van der Waals surface area contributed by atoms with Gasteiger partial charge < -0.3 is 15.4 Å². The number of aromatic nitrogens is 4. The second-order valence-electron chi connectivity index (χ2n) is 13.3. The summed E-state index contributed by atoms with van der Waals surface area (Å²) in [4.78, 5) is 29.0. The first kappa shape index (κ1) is 33.1. The summed E-state index contributed by atoms with van der Waals surface area (Å²) in [6, 6.07) is 16.2. The Morgan fingerprint density at radius 1 is 1.08 bits per heavy atom. The third kappa shape index (κ3) is 6.74. The molecule has 2 aliphatic heterocycles. The number of piperidine rings is 1. The largest absolute Gasteiger partial charge is 0.457 e. The van der Waals surface area contributed by atoms with Crippen molar-refractivity contribution in [2.75, 3.05) is 45.0 Å². The van der Waals surface area contributed by atoms with Crippen LogP contribution in [0.25, 0.3) is 22.3 Å². The Labute approximate surface area is 280 Å². The smallest absolute Gasteiger partial charge is 0.264 e. The summed E-state index contributed by atoms with van der Waals surface area (Å²) in [7, 11) is 0. The summed E-state index contributed by atoms with van der Waals surface area (Å²) < 4.78 is 23.2. The van der Waals surface area contributed by atoms with Crippen LogP contribution in [0.4, 0.5) is 10.2 Å². The minimum absolute atomic E-state index is 0.129. The van der Waals surface area contributed by atoms with Crippen molar-refractivity contribution in [2.24, 2.45) is 0 Å². The minimum Gasteiger partial charge on any atom is -0.457 e. The van der Waals surface area contributed by atoms with E-state index < -0.39 is 11.4 Å². The molecule has 0 radical (unpaired) electrons. The molecule has 4 aromatic rings. The molecule has 2 aromatic heterocycles. The van der Waals surface area contributed by atoms with Crippen LogP contribution in [-0.2, 0) is 4.79 Å². The van der Waals surface area contributed by atoms with E-state index in [1.807, 2.05) is 24.3 Å². The van der Waals surface area contributed by atoms with Crippen molar-refractivity contribution < 1.29 is 13.9 Å². The molecule has 0 aliphatic carbocycles. The lowest BCUT2D eigenvalue weighted by Crippen LogP contribution is -2.55. The maximum atomic E-state index is 15.7. The first-order chi connectivity index (χ1) is 23.1. The molecule has 0 spiro atoms. The number of para-hydroxylation sites is 1. The van der Waals surface area contributed by atoms with E-state index in [-0.39, 0.29) is 28.9 Å². The quantitative estimate of drug-likeness (QED) is 0.196. The molecule has 0 saturated carbocycles. The zero-order chi connectivity index (χ0) is 34.0. The molecule has 2 aliphatic rings. The van der Waals surface area contributed by atoms with Gasteiger partial charge in [-0.25, -0.2) is 19.0 Å². The maximum Gasteiger partial charge on any atom is 0.264 e. The average Bonchev–Trinajstić information content (AvgIpc) is 3.48. The van der Waals surface area contributed by atoms with E-state index in [0.29, 0.717) is 60.2 Å². The minimum atomic E-state index is -0.532. The molecule has 1 amide bonds. The van der Waals surface area contributed by atoms with Gasteiger partial charge in [-0.1, -0.05) is 18.2 Å². The number of carbonyl (C=O) groups excluding carboxylic acids is 1.